The van der Waals surface area contributed by atoms with E-state index in [9.17, 15) is 24.3 Å². The minimum Gasteiger partial charge on any atom is -0.480 e. The van der Waals surface area contributed by atoms with Crippen LogP contribution in [-0.4, -0.2) is 54.3 Å². The monoisotopic (exact) mass is 370 g/mol. The number of hydrogen-bond donors (Lipinski definition) is 3. The van der Waals surface area contributed by atoms with Gasteiger partial charge in [0.2, 0.25) is 5.91 Å². The molecule has 0 heterocycles. The van der Waals surface area contributed by atoms with E-state index in [4.69, 9.17) is 9.47 Å². The molecular formula is C17H26N2O7. The van der Waals surface area contributed by atoms with E-state index in [2.05, 4.69) is 23.8 Å². The van der Waals surface area contributed by atoms with E-state index in [0.717, 1.165) is 0 Å². The van der Waals surface area contributed by atoms with Crippen LogP contribution in [0.5, 0.6) is 0 Å². The Bertz CT molecular complexity index is 531. The maximum atomic E-state index is 12.3. The molecule has 0 fully saturated rings. The van der Waals surface area contributed by atoms with Crippen molar-refractivity contribution in [2.24, 2.45) is 5.92 Å². The fourth-order valence-corrected chi connectivity index (χ4v) is 1.84. The highest BCUT2D eigenvalue weighted by molar-refractivity contribution is 5.89. The van der Waals surface area contributed by atoms with Crippen LogP contribution in [0, 0.1) is 5.92 Å². The molecular weight excluding hydrogens is 344 g/mol. The third kappa shape index (κ3) is 9.45. The Hall–Kier alpha value is -2.84. The van der Waals surface area contributed by atoms with Crippen molar-refractivity contribution in [3.63, 3.8) is 0 Å². The number of carboxylic acids is 1. The summed E-state index contributed by atoms with van der Waals surface area (Å²) in [7, 11) is 0. The molecule has 0 aliphatic carbocycles. The van der Waals surface area contributed by atoms with Gasteiger partial charge in [-0.05, 0) is 12.3 Å². The van der Waals surface area contributed by atoms with Gasteiger partial charge in [-0.3, -0.25) is 9.59 Å². The van der Waals surface area contributed by atoms with E-state index < -0.39 is 36.0 Å². The van der Waals surface area contributed by atoms with Crippen LogP contribution < -0.4 is 10.6 Å². The van der Waals surface area contributed by atoms with Gasteiger partial charge in [0.1, 0.15) is 25.3 Å². The summed E-state index contributed by atoms with van der Waals surface area (Å²) in [4.78, 5) is 46.7. The molecule has 26 heavy (non-hydrogen) atoms. The Morgan fingerprint density at radius 1 is 1.04 bits per heavy atom. The Kier molecular flexibility index (Phi) is 11.1. The number of esters is 1. The topological polar surface area (TPSA) is 131 Å². The fourth-order valence-electron chi connectivity index (χ4n) is 1.84. The van der Waals surface area contributed by atoms with Crippen molar-refractivity contribution in [2.45, 2.75) is 38.8 Å². The lowest BCUT2D eigenvalue weighted by molar-refractivity contribution is -0.145. The number of aliphatic carboxylic acids is 1. The molecule has 0 aromatic heterocycles. The van der Waals surface area contributed by atoms with Crippen molar-refractivity contribution in [3.8, 4) is 0 Å². The second kappa shape index (κ2) is 12.5. The number of nitrogens with one attached hydrogen (secondary N) is 2. The van der Waals surface area contributed by atoms with Crippen LogP contribution in [0.25, 0.3) is 0 Å². The van der Waals surface area contributed by atoms with Crippen LogP contribution in [0.4, 0.5) is 4.79 Å². The number of rotatable bonds is 12. The van der Waals surface area contributed by atoms with Crippen molar-refractivity contribution in [2.75, 3.05) is 13.2 Å². The summed E-state index contributed by atoms with van der Waals surface area (Å²) in [5.41, 5.74) is 0. The lowest BCUT2D eigenvalue weighted by Crippen LogP contribution is -2.53. The summed E-state index contributed by atoms with van der Waals surface area (Å²) in [6, 6.07) is -2.30. The molecule has 0 aliphatic rings. The first kappa shape index (κ1) is 23.2. The van der Waals surface area contributed by atoms with Crippen molar-refractivity contribution in [3.05, 3.63) is 25.3 Å². The maximum Gasteiger partial charge on any atom is 0.408 e. The predicted molar refractivity (Wildman–Crippen MR) is 93.3 cm³/mol. The number of alkyl carbamates (subject to hydrolysis) is 1. The quantitative estimate of drug-likeness (QED) is 0.345. The van der Waals surface area contributed by atoms with Gasteiger partial charge >= 0.3 is 18.0 Å². The standard InChI is InChI=1S/C17H26N2O7/c1-5-9-25-13(20)8-7-12(16(22)23)18-15(21)14(11(3)4)19-17(24)26-10-6-2/h5-6,11-12,14H,1-2,7-10H2,3-4H3,(H,18,21)(H,19,24)(H,22,23). The van der Waals surface area contributed by atoms with Gasteiger partial charge in [0, 0.05) is 6.42 Å². The first-order valence-corrected chi connectivity index (χ1v) is 8.06. The van der Waals surface area contributed by atoms with Crippen molar-refractivity contribution in [1.82, 2.24) is 10.6 Å². The molecule has 146 valence electrons. The Morgan fingerprint density at radius 2 is 1.62 bits per heavy atom. The fraction of sp³-hybridized carbons (Fsp3) is 0.529. The van der Waals surface area contributed by atoms with Crippen LogP contribution in [0.15, 0.2) is 25.3 Å². The van der Waals surface area contributed by atoms with Gasteiger partial charge < -0.3 is 25.2 Å². The highest BCUT2D eigenvalue weighted by Gasteiger charge is 2.29. The Labute approximate surface area is 152 Å². The van der Waals surface area contributed by atoms with Gasteiger partial charge in [0.15, 0.2) is 0 Å². The van der Waals surface area contributed by atoms with Gasteiger partial charge in [0.05, 0.1) is 0 Å². The van der Waals surface area contributed by atoms with Crippen molar-refractivity contribution in [1.29, 1.82) is 0 Å². The van der Waals surface area contributed by atoms with E-state index in [1.165, 1.54) is 12.2 Å². The average molecular weight is 370 g/mol. The first-order chi connectivity index (χ1) is 12.2. The molecule has 0 saturated heterocycles. The van der Waals surface area contributed by atoms with E-state index in [0.29, 0.717) is 0 Å². The first-order valence-electron chi connectivity index (χ1n) is 8.06. The van der Waals surface area contributed by atoms with Crippen LogP contribution in [0.1, 0.15) is 26.7 Å². The number of carbonyl (C=O) groups is 4. The molecule has 0 bridgehead atoms. The zero-order valence-electron chi connectivity index (χ0n) is 15.0. The summed E-state index contributed by atoms with van der Waals surface area (Å²) in [6.07, 6.45) is 1.60. The largest absolute Gasteiger partial charge is 0.480 e. The highest BCUT2D eigenvalue weighted by Crippen LogP contribution is 2.06. The number of ether oxygens (including phenoxy) is 2. The minimum absolute atomic E-state index is 0.0229. The van der Waals surface area contributed by atoms with Gasteiger partial charge in [0.25, 0.3) is 0 Å². The van der Waals surface area contributed by atoms with Crippen LogP contribution in [0.3, 0.4) is 0 Å². The molecule has 2 atom stereocenters. The Morgan fingerprint density at radius 3 is 2.12 bits per heavy atom. The minimum atomic E-state index is -1.30. The summed E-state index contributed by atoms with van der Waals surface area (Å²) < 4.78 is 9.52. The number of hydrogen-bond acceptors (Lipinski definition) is 6. The van der Waals surface area contributed by atoms with Gasteiger partial charge in [-0.15, -0.1) is 0 Å². The van der Waals surface area contributed by atoms with E-state index in [1.807, 2.05) is 0 Å². The lowest BCUT2D eigenvalue weighted by Gasteiger charge is -2.23. The number of carboxylic acid groups (broad SMARTS) is 1. The van der Waals surface area contributed by atoms with Crippen LogP contribution in [-0.2, 0) is 23.9 Å². The zero-order chi connectivity index (χ0) is 20.1. The SMILES string of the molecule is C=CCOC(=O)CCC(NC(=O)C(NC(=O)OCC=C)C(C)C)C(=O)O. The summed E-state index contributed by atoms with van der Waals surface area (Å²) in [5.74, 6) is -2.91. The molecule has 0 saturated carbocycles. The van der Waals surface area contributed by atoms with E-state index in [-0.39, 0.29) is 32.0 Å². The molecule has 0 aliphatic heterocycles. The molecule has 2 amide bonds. The smallest absolute Gasteiger partial charge is 0.408 e. The predicted octanol–water partition coefficient (Wildman–Crippen LogP) is 1.00. The summed E-state index contributed by atoms with van der Waals surface area (Å²) in [6.45, 7) is 10.2. The molecule has 0 rings (SSSR count). The third-order valence-corrected chi connectivity index (χ3v) is 3.17. The summed E-state index contributed by atoms with van der Waals surface area (Å²) in [5, 5.41) is 13.9. The number of carbonyl (C=O) groups excluding carboxylic acids is 3. The van der Waals surface area contributed by atoms with Crippen LogP contribution in [0.2, 0.25) is 0 Å². The van der Waals surface area contributed by atoms with Gasteiger partial charge in [-0.2, -0.15) is 0 Å². The Balaban J connectivity index is 4.79. The molecule has 0 spiro atoms. The van der Waals surface area contributed by atoms with Crippen molar-refractivity contribution >= 4 is 23.9 Å². The molecule has 3 N–H and O–H groups in total. The maximum absolute atomic E-state index is 12.3. The van der Waals surface area contributed by atoms with Gasteiger partial charge in [-0.25, -0.2) is 9.59 Å². The molecule has 0 aromatic carbocycles. The van der Waals surface area contributed by atoms with Crippen LogP contribution >= 0.6 is 0 Å². The summed E-state index contributed by atoms with van der Waals surface area (Å²) >= 11 is 0. The van der Waals surface area contributed by atoms with Gasteiger partial charge in [-0.1, -0.05) is 39.2 Å². The average Bonchev–Trinajstić information content (AvgIpc) is 2.58. The number of amides is 2. The molecule has 9 nitrogen and oxygen atoms in total. The van der Waals surface area contributed by atoms with E-state index >= 15 is 0 Å². The molecule has 0 radical (unpaired) electrons. The zero-order valence-corrected chi connectivity index (χ0v) is 15.0. The molecule has 0 aromatic rings. The second-order valence-corrected chi connectivity index (χ2v) is 5.66. The third-order valence-electron chi connectivity index (χ3n) is 3.17. The second-order valence-electron chi connectivity index (χ2n) is 5.66. The molecule has 2 unspecified atom stereocenters. The lowest BCUT2D eigenvalue weighted by atomic mass is 10.0. The van der Waals surface area contributed by atoms with E-state index in [1.54, 1.807) is 13.8 Å². The molecule has 9 heteroatoms. The van der Waals surface area contributed by atoms with Crippen molar-refractivity contribution < 1.29 is 33.8 Å². The normalized spacial score (nSPS) is 12.4. The highest BCUT2D eigenvalue weighted by atomic mass is 16.5.